The summed E-state index contributed by atoms with van der Waals surface area (Å²) in [6.45, 7) is 4.02. The minimum atomic E-state index is -0.878. The normalized spacial score (nSPS) is 22.6. The Morgan fingerprint density at radius 1 is 1.00 bits per heavy atom. The van der Waals surface area contributed by atoms with Crippen LogP contribution in [-0.4, -0.2) is 75.7 Å². The lowest BCUT2D eigenvalue weighted by molar-refractivity contribution is -0.142. The van der Waals surface area contributed by atoms with E-state index >= 15 is 0 Å². The first-order valence-electron chi connectivity index (χ1n) is 14.2. The molecule has 4 heterocycles. The number of likely N-dealkylation sites (tertiary alicyclic amines) is 2. The van der Waals surface area contributed by atoms with Crippen LogP contribution in [-0.2, 0) is 11.3 Å². The van der Waals surface area contributed by atoms with Crippen molar-refractivity contribution in [1.29, 1.82) is 0 Å². The number of β-amino-alcohol motifs (C(OH)–C–C–N with tert-alkyl or cyclic N) is 1. The molecule has 1 N–H and O–H groups in total. The summed E-state index contributed by atoms with van der Waals surface area (Å²) >= 11 is 0. The number of piperidine rings is 2. The van der Waals surface area contributed by atoms with E-state index in [9.17, 15) is 14.3 Å². The van der Waals surface area contributed by atoms with E-state index in [0.717, 1.165) is 29.2 Å². The fraction of sp³-hybridized carbons (Fsp3) is 0.406. The van der Waals surface area contributed by atoms with E-state index < -0.39 is 5.60 Å². The molecule has 2 atom stereocenters. The predicted octanol–water partition coefficient (Wildman–Crippen LogP) is 2.51. The van der Waals surface area contributed by atoms with Crippen molar-refractivity contribution in [2.45, 2.75) is 37.3 Å². The number of hydrogen-bond donors (Lipinski definition) is 1. The molecule has 2 aromatic carbocycles. The third-order valence-electron chi connectivity index (χ3n) is 8.64. The molecule has 40 heavy (non-hydrogen) atoms. The maximum absolute atomic E-state index is 14.4. The quantitative estimate of drug-likeness (QED) is 0.520. The van der Waals surface area contributed by atoms with Gasteiger partial charge in [-0.3, -0.25) is 19.7 Å². The minimum absolute atomic E-state index is 0.0344. The van der Waals surface area contributed by atoms with Crippen LogP contribution in [0.25, 0.3) is 6.20 Å². The molecule has 0 bridgehead atoms. The van der Waals surface area contributed by atoms with Gasteiger partial charge in [-0.15, -0.1) is 0 Å². The first kappa shape index (κ1) is 26.6. The number of carbonyl (C=O) groups is 1. The van der Waals surface area contributed by atoms with Crippen LogP contribution in [0.2, 0.25) is 0 Å². The highest BCUT2D eigenvalue weighted by atomic mass is 19.1. The van der Waals surface area contributed by atoms with E-state index in [1.54, 1.807) is 12.3 Å². The molecule has 0 radical (unpaired) electrons. The molecule has 6 rings (SSSR count). The van der Waals surface area contributed by atoms with Gasteiger partial charge in [-0.05, 0) is 49.6 Å². The molecule has 1 amide bonds. The topological polar surface area (TPSA) is 72.3 Å². The van der Waals surface area contributed by atoms with Gasteiger partial charge in [0.1, 0.15) is 17.8 Å². The lowest BCUT2D eigenvalue weighted by atomic mass is 9.79. The zero-order valence-corrected chi connectivity index (χ0v) is 22.7. The molecule has 1 aromatic heterocycles. The lowest BCUT2D eigenvalue weighted by Gasteiger charge is -2.44. The van der Waals surface area contributed by atoms with Crippen LogP contribution in [0.1, 0.15) is 36.3 Å². The first-order valence-corrected chi connectivity index (χ1v) is 14.2. The van der Waals surface area contributed by atoms with Crippen LogP contribution in [0.3, 0.4) is 0 Å². The van der Waals surface area contributed by atoms with Gasteiger partial charge in [0.05, 0.1) is 11.0 Å². The van der Waals surface area contributed by atoms with E-state index in [4.69, 9.17) is 0 Å². The molecule has 2 saturated heterocycles. The van der Waals surface area contributed by atoms with Gasteiger partial charge in [0, 0.05) is 62.5 Å². The summed E-state index contributed by atoms with van der Waals surface area (Å²) in [6.07, 6.45) is 5.50. The van der Waals surface area contributed by atoms with Crippen LogP contribution in [0.15, 0.2) is 77.9 Å². The van der Waals surface area contributed by atoms with Crippen molar-refractivity contribution in [2.75, 3.05) is 39.4 Å². The molecule has 3 aliphatic rings. The largest absolute Gasteiger partial charge is 0.388 e. The zero-order valence-electron chi connectivity index (χ0n) is 22.7. The number of hydrogen-bond acceptors (Lipinski definition) is 6. The second-order valence-electron chi connectivity index (χ2n) is 11.4. The van der Waals surface area contributed by atoms with Crippen molar-refractivity contribution in [3.05, 3.63) is 101 Å². The van der Waals surface area contributed by atoms with Crippen molar-refractivity contribution in [3.63, 3.8) is 0 Å². The maximum Gasteiger partial charge on any atom is 0.226 e. The van der Waals surface area contributed by atoms with Crippen LogP contribution >= 0.6 is 0 Å². The number of aliphatic hydroxyl groups is 1. The Bertz CT molecular complexity index is 1460. The second kappa shape index (κ2) is 11.5. The summed E-state index contributed by atoms with van der Waals surface area (Å²) in [6, 6.07) is 21.0. The van der Waals surface area contributed by atoms with Gasteiger partial charge in [-0.2, -0.15) is 0 Å². The number of benzene rings is 2. The lowest BCUT2D eigenvalue weighted by Crippen LogP contribution is -2.54. The smallest absolute Gasteiger partial charge is 0.226 e. The molecule has 0 saturated carbocycles. The SMILES string of the molecule is O=C([C@@H]1CCN(Cc2ccccc2F)C[C@H]1c1ccccc1)N1CCC(O)(CN2C=c3ncccc3=NC2)CC1. The van der Waals surface area contributed by atoms with Gasteiger partial charge in [-0.25, -0.2) is 4.39 Å². The van der Waals surface area contributed by atoms with E-state index in [0.29, 0.717) is 57.8 Å². The Hall–Kier alpha value is -3.62. The Labute approximate surface area is 234 Å². The number of aromatic nitrogens is 1. The summed E-state index contributed by atoms with van der Waals surface area (Å²) in [5, 5.41) is 13.1. The highest BCUT2D eigenvalue weighted by Crippen LogP contribution is 2.36. The zero-order chi connectivity index (χ0) is 27.5. The van der Waals surface area contributed by atoms with Crippen molar-refractivity contribution in [3.8, 4) is 0 Å². The van der Waals surface area contributed by atoms with Gasteiger partial charge in [0.2, 0.25) is 5.91 Å². The number of fused-ring (bicyclic) bond motifs is 1. The van der Waals surface area contributed by atoms with E-state index in [1.165, 1.54) is 6.07 Å². The molecule has 0 spiro atoms. The van der Waals surface area contributed by atoms with Crippen molar-refractivity contribution >= 4 is 12.1 Å². The molecular weight excluding hydrogens is 505 g/mol. The number of rotatable bonds is 6. The molecule has 3 aliphatic heterocycles. The molecule has 0 unspecified atom stereocenters. The third kappa shape index (κ3) is 5.78. The fourth-order valence-corrected chi connectivity index (χ4v) is 6.40. The summed E-state index contributed by atoms with van der Waals surface area (Å²) in [7, 11) is 0. The van der Waals surface area contributed by atoms with Crippen LogP contribution in [0.5, 0.6) is 0 Å². The first-order chi connectivity index (χ1) is 19.5. The summed E-state index contributed by atoms with van der Waals surface area (Å²) in [5.74, 6) is -0.123. The molecule has 208 valence electrons. The number of pyridine rings is 1. The number of halogens is 1. The standard InChI is InChI=1S/C32H36FN5O2/c33-28-10-5-4-9-25(28)19-36-16-12-26(27(20-36)24-7-2-1-3-8-24)31(39)38-17-13-32(40,14-18-38)22-37-21-30-29(35-23-37)11-6-15-34-30/h1-11,15,21,26-27,40H,12-14,16-20,22-23H2/t26-,27+/m1/s1. The van der Waals surface area contributed by atoms with E-state index in [1.807, 2.05) is 58.5 Å². The Kier molecular flexibility index (Phi) is 7.63. The Balaban J connectivity index is 1.11. The molecule has 3 aromatic rings. The molecular formula is C32H36FN5O2. The number of amides is 1. The van der Waals surface area contributed by atoms with Gasteiger partial charge >= 0.3 is 0 Å². The van der Waals surface area contributed by atoms with Crippen LogP contribution in [0.4, 0.5) is 4.39 Å². The van der Waals surface area contributed by atoms with Crippen LogP contribution < -0.4 is 10.7 Å². The highest BCUT2D eigenvalue weighted by Gasteiger charge is 2.41. The summed E-state index contributed by atoms with van der Waals surface area (Å²) in [5.41, 5.74) is 0.954. The molecule has 8 heteroatoms. The number of nitrogens with zero attached hydrogens (tertiary/aromatic N) is 5. The maximum atomic E-state index is 14.4. The Morgan fingerprint density at radius 2 is 1.77 bits per heavy atom. The molecule has 2 fully saturated rings. The minimum Gasteiger partial charge on any atom is -0.388 e. The molecule has 0 aliphatic carbocycles. The van der Waals surface area contributed by atoms with E-state index in [-0.39, 0.29) is 23.6 Å². The number of carbonyl (C=O) groups excluding carboxylic acids is 1. The highest BCUT2D eigenvalue weighted by molar-refractivity contribution is 5.80. The summed E-state index contributed by atoms with van der Waals surface area (Å²) in [4.78, 5) is 29.1. The molecule has 7 nitrogen and oxygen atoms in total. The predicted molar refractivity (Wildman–Crippen MR) is 151 cm³/mol. The second-order valence-corrected chi connectivity index (χ2v) is 11.4. The average Bonchev–Trinajstić information content (AvgIpc) is 2.98. The third-order valence-corrected chi connectivity index (χ3v) is 8.64. The van der Waals surface area contributed by atoms with Gasteiger partial charge < -0.3 is 14.9 Å². The van der Waals surface area contributed by atoms with Crippen LogP contribution in [0, 0.1) is 11.7 Å². The van der Waals surface area contributed by atoms with Gasteiger partial charge in [0.15, 0.2) is 0 Å². The van der Waals surface area contributed by atoms with Gasteiger partial charge in [0.25, 0.3) is 0 Å². The van der Waals surface area contributed by atoms with Crippen molar-refractivity contribution < 1.29 is 14.3 Å². The Morgan fingerprint density at radius 3 is 2.58 bits per heavy atom. The van der Waals surface area contributed by atoms with Crippen molar-refractivity contribution in [1.82, 2.24) is 19.7 Å². The summed E-state index contributed by atoms with van der Waals surface area (Å²) < 4.78 is 14.4. The average molecular weight is 542 g/mol. The van der Waals surface area contributed by atoms with E-state index in [2.05, 4.69) is 27.0 Å². The monoisotopic (exact) mass is 541 g/mol. The fourth-order valence-electron chi connectivity index (χ4n) is 6.40. The van der Waals surface area contributed by atoms with Crippen molar-refractivity contribution in [2.24, 2.45) is 10.9 Å². The van der Waals surface area contributed by atoms with Gasteiger partial charge in [-0.1, -0.05) is 48.5 Å².